The molecule has 0 aliphatic carbocycles. The smallest absolute Gasteiger partial charge is 0.198 e. The summed E-state index contributed by atoms with van der Waals surface area (Å²) < 4.78 is 15.0. The summed E-state index contributed by atoms with van der Waals surface area (Å²) in [4.78, 5) is 12.4. The number of ketones is 1. The predicted molar refractivity (Wildman–Crippen MR) is 82.8 cm³/mol. The fourth-order valence-electron chi connectivity index (χ4n) is 2.11. The quantitative estimate of drug-likeness (QED) is 0.753. The highest BCUT2D eigenvalue weighted by Crippen LogP contribution is 2.22. The second kappa shape index (κ2) is 5.61. The first kappa shape index (κ1) is 14.3. The average molecular weight is 316 g/mol. The van der Waals surface area contributed by atoms with E-state index in [0.717, 1.165) is 0 Å². The summed E-state index contributed by atoms with van der Waals surface area (Å²) >= 11 is 5.80. The third-order valence-corrected chi connectivity index (χ3v) is 3.49. The standard InChI is InChI=1S/C16H11ClFN3O/c17-11-7-5-10(6-8-11)15(22)12-9-20-21(16(12)19)14-4-2-1-3-13(14)18/h1-9H,19H2. The zero-order valence-corrected chi connectivity index (χ0v) is 12.1. The van der Waals surface area contributed by atoms with Crippen LogP contribution in [0.4, 0.5) is 10.2 Å². The number of carbonyl (C=O) groups excluding carboxylic acids is 1. The molecule has 1 aromatic heterocycles. The third kappa shape index (κ3) is 2.46. The number of hydrogen-bond donors (Lipinski definition) is 1. The van der Waals surface area contributed by atoms with Crippen molar-refractivity contribution < 1.29 is 9.18 Å². The summed E-state index contributed by atoms with van der Waals surface area (Å²) in [7, 11) is 0. The number of para-hydroxylation sites is 1. The van der Waals surface area contributed by atoms with Crippen molar-refractivity contribution in [3.63, 3.8) is 0 Å². The third-order valence-electron chi connectivity index (χ3n) is 3.24. The minimum absolute atomic E-state index is 0.0880. The van der Waals surface area contributed by atoms with Crippen molar-refractivity contribution in [3.8, 4) is 5.69 Å². The van der Waals surface area contributed by atoms with Crippen LogP contribution in [0.5, 0.6) is 0 Å². The van der Waals surface area contributed by atoms with Gasteiger partial charge in [-0.3, -0.25) is 4.79 Å². The molecule has 0 saturated heterocycles. The Bertz CT molecular complexity index is 843. The highest BCUT2D eigenvalue weighted by atomic mass is 35.5. The van der Waals surface area contributed by atoms with Gasteiger partial charge in [0.25, 0.3) is 0 Å². The molecule has 3 aromatic rings. The van der Waals surface area contributed by atoms with E-state index in [1.807, 2.05) is 0 Å². The van der Waals surface area contributed by atoms with Crippen molar-refractivity contribution in [1.82, 2.24) is 9.78 Å². The largest absolute Gasteiger partial charge is 0.383 e. The molecule has 6 heteroatoms. The molecule has 0 amide bonds. The summed E-state index contributed by atoms with van der Waals surface area (Å²) in [5, 5.41) is 4.55. The van der Waals surface area contributed by atoms with Gasteiger partial charge in [0.05, 0.1) is 11.8 Å². The summed E-state index contributed by atoms with van der Waals surface area (Å²) in [6.45, 7) is 0. The van der Waals surface area contributed by atoms with Crippen LogP contribution in [0.3, 0.4) is 0 Å². The second-order valence-electron chi connectivity index (χ2n) is 4.64. The van der Waals surface area contributed by atoms with Gasteiger partial charge in [0.2, 0.25) is 0 Å². The molecule has 0 unspecified atom stereocenters. The molecule has 2 N–H and O–H groups in total. The zero-order valence-electron chi connectivity index (χ0n) is 11.3. The summed E-state index contributed by atoms with van der Waals surface area (Å²) in [6.07, 6.45) is 1.33. The van der Waals surface area contributed by atoms with Crippen LogP contribution in [0.1, 0.15) is 15.9 Å². The van der Waals surface area contributed by atoms with Crippen molar-refractivity contribution in [1.29, 1.82) is 0 Å². The van der Waals surface area contributed by atoms with Gasteiger partial charge in [-0.1, -0.05) is 23.7 Å². The minimum atomic E-state index is -0.470. The molecule has 0 aliphatic rings. The lowest BCUT2D eigenvalue weighted by Crippen LogP contribution is -2.08. The molecule has 0 fully saturated rings. The molecule has 2 aromatic carbocycles. The average Bonchev–Trinajstić information content (AvgIpc) is 2.89. The Morgan fingerprint density at radius 3 is 2.50 bits per heavy atom. The predicted octanol–water partition coefficient (Wildman–Crippen LogP) is 3.48. The van der Waals surface area contributed by atoms with Crippen LogP contribution in [0.15, 0.2) is 54.7 Å². The molecule has 0 radical (unpaired) electrons. The molecule has 0 saturated carbocycles. The Hall–Kier alpha value is -2.66. The molecule has 0 bridgehead atoms. The van der Waals surface area contributed by atoms with Crippen molar-refractivity contribution in [3.05, 3.63) is 76.7 Å². The maximum absolute atomic E-state index is 13.8. The van der Waals surface area contributed by atoms with Crippen LogP contribution in [-0.4, -0.2) is 15.6 Å². The molecule has 0 atom stereocenters. The van der Waals surface area contributed by atoms with Gasteiger partial charge in [-0.05, 0) is 36.4 Å². The van der Waals surface area contributed by atoms with Gasteiger partial charge in [0.1, 0.15) is 17.3 Å². The number of nitrogens with two attached hydrogens (primary N) is 1. The van der Waals surface area contributed by atoms with Gasteiger partial charge in [-0.2, -0.15) is 5.10 Å². The van der Waals surface area contributed by atoms with E-state index in [-0.39, 0.29) is 22.9 Å². The first-order chi connectivity index (χ1) is 10.6. The number of carbonyl (C=O) groups is 1. The number of rotatable bonds is 3. The molecule has 4 nitrogen and oxygen atoms in total. The van der Waals surface area contributed by atoms with Crippen LogP contribution in [-0.2, 0) is 0 Å². The van der Waals surface area contributed by atoms with Gasteiger partial charge >= 0.3 is 0 Å². The Morgan fingerprint density at radius 1 is 1.14 bits per heavy atom. The van der Waals surface area contributed by atoms with E-state index in [1.165, 1.54) is 23.0 Å². The Morgan fingerprint density at radius 2 is 1.82 bits per heavy atom. The maximum atomic E-state index is 13.8. The second-order valence-corrected chi connectivity index (χ2v) is 5.08. The number of halogens is 2. The fraction of sp³-hybridized carbons (Fsp3) is 0. The summed E-state index contributed by atoms with van der Waals surface area (Å²) in [5.74, 6) is -0.676. The van der Waals surface area contributed by atoms with Crippen LogP contribution < -0.4 is 5.73 Å². The van der Waals surface area contributed by atoms with Crippen LogP contribution in [0.25, 0.3) is 5.69 Å². The summed E-state index contributed by atoms with van der Waals surface area (Å²) in [6, 6.07) is 12.5. The first-order valence-corrected chi connectivity index (χ1v) is 6.84. The van der Waals surface area contributed by atoms with Crippen molar-refractivity contribution in [2.75, 3.05) is 5.73 Å². The fourth-order valence-corrected chi connectivity index (χ4v) is 2.23. The van der Waals surface area contributed by atoms with Gasteiger partial charge in [-0.15, -0.1) is 0 Å². The van der Waals surface area contributed by atoms with Crippen molar-refractivity contribution in [2.45, 2.75) is 0 Å². The highest BCUT2D eigenvalue weighted by Gasteiger charge is 2.18. The number of aromatic nitrogens is 2. The number of hydrogen-bond acceptors (Lipinski definition) is 3. The van der Waals surface area contributed by atoms with E-state index in [1.54, 1.807) is 36.4 Å². The maximum Gasteiger partial charge on any atom is 0.198 e. The van der Waals surface area contributed by atoms with Crippen LogP contribution in [0.2, 0.25) is 5.02 Å². The van der Waals surface area contributed by atoms with E-state index in [2.05, 4.69) is 5.10 Å². The lowest BCUT2D eigenvalue weighted by Gasteiger charge is -2.06. The number of anilines is 1. The van der Waals surface area contributed by atoms with Crippen LogP contribution in [0, 0.1) is 5.82 Å². The first-order valence-electron chi connectivity index (χ1n) is 6.46. The number of nitrogen functional groups attached to an aromatic ring is 1. The normalized spacial score (nSPS) is 10.6. The molecule has 1 heterocycles. The Balaban J connectivity index is 2.02. The molecular weight excluding hydrogens is 305 g/mol. The van der Waals surface area contributed by atoms with Gasteiger partial charge in [0, 0.05) is 10.6 Å². The van der Waals surface area contributed by atoms with Gasteiger partial charge in [0.15, 0.2) is 5.78 Å². The topological polar surface area (TPSA) is 60.9 Å². The molecule has 0 aliphatic heterocycles. The Kier molecular flexibility index (Phi) is 3.65. The van der Waals surface area contributed by atoms with E-state index in [0.29, 0.717) is 10.6 Å². The Labute approximate surface area is 130 Å². The molecular formula is C16H11ClFN3O. The minimum Gasteiger partial charge on any atom is -0.383 e. The molecule has 22 heavy (non-hydrogen) atoms. The van der Waals surface area contributed by atoms with E-state index >= 15 is 0 Å². The summed E-state index contributed by atoms with van der Waals surface area (Å²) in [5.41, 5.74) is 6.80. The highest BCUT2D eigenvalue weighted by molar-refractivity contribution is 6.30. The van der Waals surface area contributed by atoms with Gasteiger partial charge < -0.3 is 5.73 Å². The SMILES string of the molecule is Nc1c(C(=O)c2ccc(Cl)cc2)cnn1-c1ccccc1F. The van der Waals surface area contributed by atoms with Crippen molar-refractivity contribution in [2.24, 2.45) is 0 Å². The molecule has 3 rings (SSSR count). The monoisotopic (exact) mass is 315 g/mol. The zero-order chi connectivity index (χ0) is 15.7. The molecule has 0 spiro atoms. The number of nitrogens with zero attached hydrogens (tertiary/aromatic N) is 2. The molecule has 110 valence electrons. The van der Waals surface area contributed by atoms with Crippen molar-refractivity contribution >= 4 is 23.2 Å². The number of benzene rings is 2. The van der Waals surface area contributed by atoms with E-state index in [9.17, 15) is 9.18 Å². The van der Waals surface area contributed by atoms with E-state index in [4.69, 9.17) is 17.3 Å². The van der Waals surface area contributed by atoms with Gasteiger partial charge in [-0.25, -0.2) is 9.07 Å². The van der Waals surface area contributed by atoms with Crippen LogP contribution >= 0.6 is 11.6 Å². The van der Waals surface area contributed by atoms with E-state index < -0.39 is 5.82 Å². The lowest BCUT2D eigenvalue weighted by molar-refractivity contribution is 0.103. The lowest BCUT2D eigenvalue weighted by atomic mass is 10.1.